The third-order valence-corrected chi connectivity index (χ3v) is 4.42. The van der Waals surface area contributed by atoms with Gasteiger partial charge in [-0.3, -0.25) is 0 Å². The van der Waals surface area contributed by atoms with Crippen LogP contribution in [-0.4, -0.2) is 9.52 Å². The largest absolute Gasteiger partial charge is 0.386 e. The van der Waals surface area contributed by atoms with Crippen molar-refractivity contribution in [1.29, 1.82) is 0 Å². The molecule has 90 valence electrons. The minimum Gasteiger partial charge on any atom is -0.386 e. The van der Waals surface area contributed by atoms with Crippen molar-refractivity contribution in [3.05, 3.63) is 47.7 Å². The van der Waals surface area contributed by atoms with E-state index in [9.17, 15) is 19.2 Å². The van der Waals surface area contributed by atoms with Crippen LogP contribution in [0.15, 0.2) is 34.1 Å². The lowest BCUT2D eigenvalue weighted by molar-refractivity contribution is 0.499. The first-order valence-electron chi connectivity index (χ1n) is 5.27. The summed E-state index contributed by atoms with van der Waals surface area (Å²) in [5, 5.41) is 0.817. The Morgan fingerprint density at radius 2 is 1.28 bits per heavy atom. The van der Waals surface area contributed by atoms with Gasteiger partial charge in [-0.05, 0) is 11.3 Å². The molecule has 2 heterocycles. The van der Waals surface area contributed by atoms with Crippen molar-refractivity contribution < 1.29 is 8.83 Å². The van der Waals surface area contributed by atoms with E-state index >= 15 is 0 Å². The molecule has 0 radical (unpaired) electrons. The van der Waals surface area contributed by atoms with Gasteiger partial charge in [-0.15, -0.1) is 0 Å². The highest BCUT2D eigenvalue weighted by Gasteiger charge is 2.21. The molecule has 0 fully saturated rings. The highest BCUT2D eigenvalue weighted by atomic mass is 28.2. The van der Waals surface area contributed by atoms with Gasteiger partial charge in [0, 0.05) is 0 Å². The van der Waals surface area contributed by atoms with Crippen LogP contribution in [0.1, 0.15) is 0 Å². The molecule has 0 aliphatic heterocycles. The number of hydrogen-bond acceptors (Lipinski definition) is 6. The van der Waals surface area contributed by atoms with Crippen molar-refractivity contribution >= 4 is 36.3 Å². The molecule has 0 aliphatic rings. The molecule has 0 N–H and O–H groups in total. The maximum Gasteiger partial charge on any atom is 0.346 e. The Balaban J connectivity index is 2.84. The van der Waals surface area contributed by atoms with Gasteiger partial charge < -0.3 is 8.83 Å². The second-order valence-corrected chi connectivity index (χ2v) is 5.32. The van der Waals surface area contributed by atoms with Crippen LogP contribution in [0.3, 0.4) is 0 Å². The molecule has 0 amide bonds. The number of benzene rings is 1. The highest BCUT2D eigenvalue weighted by Crippen LogP contribution is 2.11. The summed E-state index contributed by atoms with van der Waals surface area (Å²) in [5.74, 6) is 0. The second-order valence-electron chi connectivity index (χ2n) is 3.91. The number of fused-ring (bicyclic) bond motifs is 2. The monoisotopic (exact) mass is 262 g/mol. The summed E-state index contributed by atoms with van der Waals surface area (Å²) in [6.07, 6.45) is 0. The molecule has 0 saturated heterocycles. The summed E-state index contributed by atoms with van der Waals surface area (Å²) < 4.78 is 9.01. The zero-order chi connectivity index (χ0) is 13.0. The van der Waals surface area contributed by atoms with Crippen molar-refractivity contribution in [2.24, 2.45) is 0 Å². The molecule has 18 heavy (non-hydrogen) atoms. The van der Waals surface area contributed by atoms with Gasteiger partial charge in [-0.25, -0.2) is 19.2 Å². The predicted octanol–water partition coefficient (Wildman–Crippen LogP) is -1.66. The quantitative estimate of drug-likeness (QED) is 0.487. The first-order chi connectivity index (χ1) is 8.54. The van der Waals surface area contributed by atoms with E-state index in [1.54, 1.807) is 0 Å². The summed E-state index contributed by atoms with van der Waals surface area (Å²) in [6, 6.07) is 1.21. The molecule has 3 aromatic rings. The van der Waals surface area contributed by atoms with Crippen LogP contribution in [0.2, 0.25) is 6.55 Å². The lowest BCUT2D eigenvalue weighted by Gasteiger charge is -1.97. The van der Waals surface area contributed by atoms with Crippen molar-refractivity contribution in [3.8, 4) is 0 Å². The second kappa shape index (κ2) is 3.36. The number of furan rings is 2. The summed E-state index contributed by atoms with van der Waals surface area (Å²) in [7, 11) is -0.966. The lowest BCUT2D eigenvalue weighted by Crippen LogP contribution is -2.21. The van der Waals surface area contributed by atoms with Gasteiger partial charge in [0.1, 0.15) is 0 Å². The zero-order valence-corrected chi connectivity index (χ0v) is 10.6. The van der Waals surface area contributed by atoms with Gasteiger partial charge in [-0.1, -0.05) is 6.55 Å². The molecule has 0 unspecified atom stereocenters. The molecule has 2 aromatic heterocycles. The minimum atomic E-state index is -0.966. The molecule has 3 rings (SSSR count). The summed E-state index contributed by atoms with van der Waals surface area (Å²) in [6.45, 7) is 1.85. The Labute approximate surface area is 100.0 Å². The van der Waals surface area contributed by atoms with Gasteiger partial charge >= 0.3 is 22.5 Å². The molecule has 0 aliphatic carbocycles. The van der Waals surface area contributed by atoms with E-state index in [-0.39, 0.29) is 21.5 Å². The fourth-order valence-corrected chi connectivity index (χ4v) is 3.64. The third-order valence-electron chi connectivity index (χ3n) is 3.00. The Morgan fingerprint density at radius 1 is 0.833 bits per heavy atom. The van der Waals surface area contributed by atoms with E-state index in [1.807, 2.05) is 6.55 Å². The molecule has 0 spiro atoms. The van der Waals surface area contributed by atoms with Gasteiger partial charge in [0.15, 0.2) is 0 Å². The zero-order valence-electron chi connectivity index (χ0n) is 9.23. The Morgan fingerprint density at radius 3 is 1.67 bits per heavy atom. The van der Waals surface area contributed by atoms with Crippen LogP contribution >= 0.6 is 0 Å². The molecule has 0 atom stereocenters. The van der Waals surface area contributed by atoms with E-state index < -0.39 is 32.0 Å². The first kappa shape index (κ1) is 10.8. The fraction of sp³-hybridized carbons (Fsp3) is 0.0909. The molecule has 7 heteroatoms. The Bertz CT molecular complexity index is 906. The highest BCUT2D eigenvalue weighted by molar-refractivity contribution is 6.59. The van der Waals surface area contributed by atoms with Crippen molar-refractivity contribution in [3.63, 3.8) is 0 Å². The standard InChI is InChI=1S/C11H6O6Si/c1-18-7-5-3(8(12)16-10(5)14)2-4-6(7)11(15)17-9(4)13/h2H,18H2,1H3. The predicted molar refractivity (Wildman–Crippen MR) is 67.5 cm³/mol. The van der Waals surface area contributed by atoms with Crippen LogP contribution in [0, 0.1) is 0 Å². The van der Waals surface area contributed by atoms with Gasteiger partial charge in [0.2, 0.25) is 0 Å². The van der Waals surface area contributed by atoms with E-state index in [4.69, 9.17) is 0 Å². The van der Waals surface area contributed by atoms with Crippen LogP contribution in [0.25, 0.3) is 21.5 Å². The lowest BCUT2D eigenvalue weighted by atomic mass is 10.1. The van der Waals surface area contributed by atoms with Crippen LogP contribution < -0.4 is 27.7 Å². The molecule has 0 saturated carbocycles. The van der Waals surface area contributed by atoms with E-state index in [2.05, 4.69) is 8.83 Å². The average Bonchev–Trinajstić information content (AvgIpc) is 2.77. The molecule has 1 aromatic carbocycles. The van der Waals surface area contributed by atoms with Gasteiger partial charge in [0.05, 0.1) is 31.1 Å². The van der Waals surface area contributed by atoms with Crippen LogP contribution in [0.4, 0.5) is 0 Å². The average molecular weight is 262 g/mol. The Hall–Kier alpha value is -2.28. The summed E-state index contributed by atoms with van der Waals surface area (Å²) in [4.78, 5) is 46.1. The summed E-state index contributed by atoms with van der Waals surface area (Å²) >= 11 is 0. The molecule has 0 bridgehead atoms. The molecular weight excluding hydrogens is 256 g/mol. The summed E-state index contributed by atoms with van der Waals surface area (Å²) in [5.41, 5.74) is -3.08. The van der Waals surface area contributed by atoms with Crippen LogP contribution in [-0.2, 0) is 0 Å². The van der Waals surface area contributed by atoms with E-state index in [1.165, 1.54) is 6.07 Å². The maximum atomic E-state index is 11.6. The van der Waals surface area contributed by atoms with Gasteiger partial charge in [0.25, 0.3) is 0 Å². The SMILES string of the molecule is C[SiH2]c1c2c(=O)oc(=O)c2cc2c(=O)oc(=O)c12. The molecule has 6 nitrogen and oxygen atoms in total. The van der Waals surface area contributed by atoms with Crippen molar-refractivity contribution in [1.82, 2.24) is 0 Å². The third kappa shape index (κ3) is 1.16. The smallest absolute Gasteiger partial charge is 0.346 e. The van der Waals surface area contributed by atoms with Gasteiger partial charge in [-0.2, -0.15) is 0 Å². The number of rotatable bonds is 1. The Kier molecular flexibility index (Phi) is 2.02. The molecular formula is C11H6O6Si. The number of hydrogen-bond donors (Lipinski definition) is 0. The maximum absolute atomic E-state index is 11.6. The normalized spacial score (nSPS) is 12.3. The van der Waals surface area contributed by atoms with Crippen LogP contribution in [0.5, 0.6) is 0 Å². The fourth-order valence-electron chi connectivity index (χ4n) is 2.26. The van der Waals surface area contributed by atoms with E-state index in [0.717, 1.165) is 0 Å². The first-order valence-corrected chi connectivity index (χ1v) is 7.39. The minimum absolute atomic E-state index is 0.0507. The topological polar surface area (TPSA) is 94.6 Å². The van der Waals surface area contributed by atoms with Crippen molar-refractivity contribution in [2.75, 3.05) is 0 Å². The van der Waals surface area contributed by atoms with E-state index in [0.29, 0.717) is 5.19 Å². The van der Waals surface area contributed by atoms with Crippen molar-refractivity contribution in [2.45, 2.75) is 6.55 Å².